The van der Waals surface area contributed by atoms with Gasteiger partial charge < -0.3 is 19.5 Å². The van der Waals surface area contributed by atoms with Gasteiger partial charge >= 0.3 is 5.97 Å². The Balaban J connectivity index is 1.73. The van der Waals surface area contributed by atoms with Crippen molar-refractivity contribution in [1.82, 2.24) is 14.8 Å². The minimum absolute atomic E-state index is 0.132. The second-order valence-corrected chi connectivity index (χ2v) is 7.95. The molecule has 1 N–H and O–H groups in total. The smallest absolute Gasteiger partial charge is 0.339 e. The molecule has 3 rings (SSSR count). The predicted octanol–water partition coefficient (Wildman–Crippen LogP) is 2.67. The van der Waals surface area contributed by atoms with E-state index in [1.807, 2.05) is 4.90 Å². The van der Waals surface area contributed by atoms with Gasteiger partial charge in [0.05, 0.1) is 18.6 Å². The van der Waals surface area contributed by atoms with E-state index in [2.05, 4.69) is 4.98 Å². The molecule has 2 aliphatic rings. The Kier molecular flexibility index (Phi) is 6.42. The number of aromatic nitrogens is 1. The van der Waals surface area contributed by atoms with Gasteiger partial charge in [-0.25, -0.2) is 4.79 Å². The van der Waals surface area contributed by atoms with Crippen LogP contribution in [0.3, 0.4) is 0 Å². The number of carbonyl (C=O) groups excluding carboxylic acids is 3. The van der Waals surface area contributed by atoms with Crippen molar-refractivity contribution >= 4 is 17.8 Å². The van der Waals surface area contributed by atoms with Crippen LogP contribution < -0.4 is 0 Å². The van der Waals surface area contributed by atoms with Crippen LogP contribution in [0, 0.1) is 19.8 Å². The van der Waals surface area contributed by atoms with Crippen LogP contribution in [0.4, 0.5) is 0 Å². The number of piperidine rings is 1. The third-order valence-electron chi connectivity index (χ3n) is 6.02. The minimum Gasteiger partial charge on any atom is -0.465 e. The Morgan fingerprint density at radius 2 is 1.61 bits per heavy atom. The van der Waals surface area contributed by atoms with Gasteiger partial charge in [0.2, 0.25) is 5.91 Å². The van der Waals surface area contributed by atoms with Crippen LogP contribution in [-0.2, 0) is 9.53 Å². The zero-order valence-electron chi connectivity index (χ0n) is 17.2. The number of amides is 2. The van der Waals surface area contributed by atoms with E-state index < -0.39 is 5.97 Å². The van der Waals surface area contributed by atoms with Gasteiger partial charge in [-0.2, -0.15) is 0 Å². The number of rotatable bonds is 3. The van der Waals surface area contributed by atoms with Crippen molar-refractivity contribution in [3.8, 4) is 0 Å². The van der Waals surface area contributed by atoms with Crippen molar-refractivity contribution in [1.29, 1.82) is 0 Å². The molecule has 2 saturated heterocycles. The third-order valence-corrected chi connectivity index (χ3v) is 6.02. The number of aryl methyl sites for hydroxylation is 1. The minimum atomic E-state index is -0.446. The van der Waals surface area contributed by atoms with Gasteiger partial charge in [0.25, 0.3) is 5.91 Å². The number of hydrogen-bond acceptors (Lipinski definition) is 4. The number of esters is 1. The molecule has 2 fully saturated rings. The third kappa shape index (κ3) is 4.08. The van der Waals surface area contributed by atoms with Crippen molar-refractivity contribution in [3.05, 3.63) is 22.5 Å². The first-order chi connectivity index (χ1) is 13.4. The summed E-state index contributed by atoms with van der Waals surface area (Å²) in [5.74, 6) is -0.538. The maximum absolute atomic E-state index is 13.1. The lowest BCUT2D eigenvalue weighted by atomic mass is 9.95. The maximum Gasteiger partial charge on any atom is 0.339 e. The summed E-state index contributed by atoms with van der Waals surface area (Å²) in [6.45, 7) is 6.26. The molecule has 0 saturated carbocycles. The molecule has 0 unspecified atom stereocenters. The Labute approximate surface area is 166 Å². The van der Waals surface area contributed by atoms with Gasteiger partial charge in [-0.05, 0) is 45.1 Å². The molecule has 2 amide bonds. The van der Waals surface area contributed by atoms with Crippen molar-refractivity contribution < 1.29 is 19.1 Å². The first-order valence-electron chi connectivity index (χ1n) is 10.3. The number of likely N-dealkylation sites (tertiary alicyclic amines) is 2. The van der Waals surface area contributed by atoms with E-state index in [-0.39, 0.29) is 17.7 Å². The number of aromatic amines is 1. The molecule has 28 heavy (non-hydrogen) atoms. The number of nitrogens with one attached hydrogen (secondary N) is 1. The summed E-state index contributed by atoms with van der Waals surface area (Å²) in [7, 11) is 1.33. The SMILES string of the molecule is COC(=O)c1c(C)[nH]c(C(=O)N2CCC[C@@H](C(=O)N3CCCCCC3)C2)c1C. The van der Waals surface area contributed by atoms with Gasteiger partial charge in [0.1, 0.15) is 5.69 Å². The van der Waals surface area contributed by atoms with E-state index in [1.165, 1.54) is 20.0 Å². The predicted molar refractivity (Wildman–Crippen MR) is 105 cm³/mol. The second-order valence-electron chi connectivity index (χ2n) is 7.95. The Morgan fingerprint density at radius 3 is 2.25 bits per heavy atom. The van der Waals surface area contributed by atoms with Crippen LogP contribution in [0.2, 0.25) is 0 Å². The number of carbonyl (C=O) groups is 3. The fourth-order valence-electron chi connectivity index (χ4n) is 4.44. The first-order valence-corrected chi connectivity index (χ1v) is 10.3. The largest absolute Gasteiger partial charge is 0.465 e. The fourth-order valence-corrected chi connectivity index (χ4v) is 4.44. The fraction of sp³-hybridized carbons (Fsp3) is 0.667. The molecule has 0 radical (unpaired) electrons. The summed E-state index contributed by atoms with van der Waals surface area (Å²) in [5, 5.41) is 0. The average molecular weight is 389 g/mol. The quantitative estimate of drug-likeness (QED) is 0.806. The maximum atomic E-state index is 13.1. The van der Waals surface area contributed by atoms with Crippen molar-refractivity contribution in [2.45, 2.75) is 52.4 Å². The molecule has 0 aromatic carbocycles. The molecule has 7 nitrogen and oxygen atoms in total. The summed E-state index contributed by atoms with van der Waals surface area (Å²) in [6, 6.07) is 0. The second kappa shape index (κ2) is 8.80. The van der Waals surface area contributed by atoms with Crippen molar-refractivity contribution in [2.24, 2.45) is 5.92 Å². The van der Waals surface area contributed by atoms with E-state index in [4.69, 9.17) is 4.74 Å². The summed E-state index contributed by atoms with van der Waals surface area (Å²) >= 11 is 0. The molecular formula is C21H31N3O4. The lowest BCUT2D eigenvalue weighted by Crippen LogP contribution is -2.47. The summed E-state index contributed by atoms with van der Waals surface area (Å²) in [5.41, 5.74) is 2.07. The van der Waals surface area contributed by atoms with Crippen molar-refractivity contribution in [2.75, 3.05) is 33.3 Å². The summed E-state index contributed by atoms with van der Waals surface area (Å²) < 4.78 is 4.83. The number of methoxy groups -OCH3 is 1. The van der Waals surface area contributed by atoms with Crippen LogP contribution in [0.25, 0.3) is 0 Å². The molecule has 7 heteroatoms. The van der Waals surface area contributed by atoms with Gasteiger partial charge in [0, 0.05) is 31.9 Å². The molecule has 0 bridgehead atoms. The number of hydrogen-bond donors (Lipinski definition) is 1. The highest BCUT2D eigenvalue weighted by Crippen LogP contribution is 2.25. The molecular weight excluding hydrogens is 358 g/mol. The Hall–Kier alpha value is -2.31. The van der Waals surface area contributed by atoms with E-state index in [0.717, 1.165) is 38.8 Å². The van der Waals surface area contributed by atoms with E-state index in [0.29, 0.717) is 35.6 Å². The monoisotopic (exact) mass is 389 g/mol. The molecule has 154 valence electrons. The van der Waals surface area contributed by atoms with E-state index in [9.17, 15) is 14.4 Å². The lowest BCUT2D eigenvalue weighted by Gasteiger charge is -2.34. The van der Waals surface area contributed by atoms with Crippen LogP contribution in [0.1, 0.15) is 70.6 Å². The average Bonchev–Trinajstić information content (AvgIpc) is 2.89. The first kappa shape index (κ1) is 20.4. The zero-order chi connectivity index (χ0) is 20.3. The highest BCUT2D eigenvalue weighted by Gasteiger charge is 2.33. The van der Waals surface area contributed by atoms with Crippen LogP contribution in [0.5, 0.6) is 0 Å². The van der Waals surface area contributed by atoms with E-state index >= 15 is 0 Å². The highest BCUT2D eigenvalue weighted by atomic mass is 16.5. The van der Waals surface area contributed by atoms with E-state index in [1.54, 1.807) is 18.7 Å². The Morgan fingerprint density at radius 1 is 0.964 bits per heavy atom. The van der Waals surface area contributed by atoms with Gasteiger partial charge in [0.15, 0.2) is 0 Å². The molecule has 1 atom stereocenters. The number of H-pyrrole nitrogens is 1. The van der Waals surface area contributed by atoms with Crippen LogP contribution >= 0.6 is 0 Å². The standard InChI is InChI=1S/C21H31N3O4/c1-14-17(21(27)28-3)15(2)22-18(14)20(26)24-12-8-9-16(13-24)19(25)23-10-6-4-5-7-11-23/h16,22H,4-13H2,1-3H3/t16-/m1/s1. The molecule has 2 aliphatic heterocycles. The zero-order valence-corrected chi connectivity index (χ0v) is 17.2. The van der Waals surface area contributed by atoms with Crippen LogP contribution in [0.15, 0.2) is 0 Å². The molecule has 3 heterocycles. The molecule has 0 spiro atoms. The van der Waals surface area contributed by atoms with Gasteiger partial charge in [-0.3, -0.25) is 9.59 Å². The number of ether oxygens (including phenoxy) is 1. The topological polar surface area (TPSA) is 82.7 Å². The van der Waals surface area contributed by atoms with Crippen molar-refractivity contribution in [3.63, 3.8) is 0 Å². The molecule has 1 aromatic rings. The highest BCUT2D eigenvalue weighted by molar-refractivity contribution is 6.00. The van der Waals surface area contributed by atoms with Crippen LogP contribution in [-0.4, -0.2) is 65.9 Å². The normalized spacial score (nSPS) is 20.6. The molecule has 1 aromatic heterocycles. The van der Waals surface area contributed by atoms with Gasteiger partial charge in [-0.15, -0.1) is 0 Å². The number of nitrogens with zero attached hydrogens (tertiary/aromatic N) is 2. The lowest BCUT2D eigenvalue weighted by molar-refractivity contribution is -0.136. The summed E-state index contributed by atoms with van der Waals surface area (Å²) in [4.78, 5) is 44.9. The Bertz CT molecular complexity index is 747. The molecule has 0 aliphatic carbocycles. The van der Waals surface area contributed by atoms with Gasteiger partial charge in [-0.1, -0.05) is 12.8 Å². The summed E-state index contributed by atoms with van der Waals surface area (Å²) in [6.07, 6.45) is 6.16.